The molecule has 0 unspecified atom stereocenters. The van der Waals surface area contributed by atoms with Crippen molar-refractivity contribution < 1.29 is 0 Å². The van der Waals surface area contributed by atoms with E-state index in [1.807, 2.05) is 7.05 Å². The Hall–Kier alpha value is -1.59. The van der Waals surface area contributed by atoms with Crippen LogP contribution in [0.25, 0.3) is 0 Å². The Morgan fingerprint density at radius 1 is 1.23 bits per heavy atom. The number of guanidine groups is 1. The van der Waals surface area contributed by atoms with Crippen molar-refractivity contribution in [3.05, 3.63) is 11.6 Å². The lowest BCUT2D eigenvalue weighted by molar-refractivity contribution is 0.329. The first-order chi connectivity index (χ1) is 10.8. The molecule has 1 aliphatic heterocycles. The molecule has 0 amide bonds. The Balaban J connectivity index is 1.52. The number of nitrogens with zero attached hydrogens (tertiary/aromatic N) is 4. The number of fused-ring (bicyclic) bond motifs is 1. The Labute approximate surface area is 132 Å². The molecule has 1 fully saturated rings. The predicted molar refractivity (Wildman–Crippen MR) is 87.7 cm³/mol. The molecule has 6 nitrogen and oxygen atoms in total. The molecule has 0 spiro atoms. The minimum absolute atomic E-state index is 0.551. The fraction of sp³-hybridized carbons (Fsp3) is 0.812. The topological polar surface area (TPSA) is 67.1 Å². The van der Waals surface area contributed by atoms with E-state index in [1.165, 1.54) is 38.5 Å². The molecule has 0 aromatic carbocycles. The summed E-state index contributed by atoms with van der Waals surface area (Å²) in [6.45, 7) is 4.08. The van der Waals surface area contributed by atoms with Gasteiger partial charge in [0.15, 0.2) is 11.8 Å². The molecular formula is C16H28N6. The highest BCUT2D eigenvalue weighted by Crippen LogP contribution is 2.23. The third kappa shape index (κ3) is 3.59. The maximum absolute atomic E-state index is 4.35. The van der Waals surface area contributed by atoms with Crippen LogP contribution < -0.4 is 10.6 Å². The summed E-state index contributed by atoms with van der Waals surface area (Å²) in [4.78, 5) is 4.35. The van der Waals surface area contributed by atoms with E-state index in [0.29, 0.717) is 12.6 Å². The lowest BCUT2D eigenvalue weighted by atomic mass is 9.87. The van der Waals surface area contributed by atoms with Gasteiger partial charge in [-0.2, -0.15) is 0 Å². The highest BCUT2D eigenvalue weighted by molar-refractivity contribution is 5.79. The van der Waals surface area contributed by atoms with Gasteiger partial charge in [-0.15, -0.1) is 10.2 Å². The number of hydrogen-bond acceptors (Lipinski definition) is 3. The molecule has 0 radical (unpaired) electrons. The molecule has 0 atom stereocenters. The maximum Gasteiger partial charge on any atom is 0.191 e. The molecule has 22 heavy (non-hydrogen) atoms. The quantitative estimate of drug-likeness (QED) is 0.661. The molecule has 6 heteroatoms. The Morgan fingerprint density at radius 3 is 2.82 bits per heavy atom. The van der Waals surface area contributed by atoms with Crippen LogP contribution in [0, 0.1) is 5.92 Å². The summed E-state index contributed by atoms with van der Waals surface area (Å²) in [6.07, 6.45) is 8.61. The number of aliphatic imine (C=N–C) groups is 1. The van der Waals surface area contributed by atoms with Crippen LogP contribution >= 0.6 is 0 Å². The van der Waals surface area contributed by atoms with Crippen LogP contribution in [-0.4, -0.2) is 33.8 Å². The minimum Gasteiger partial charge on any atom is -0.354 e. The standard InChI is InChI=1S/C16H28N6/c1-12-6-8-13(9-7-12)19-16(17-2)18-11-15-21-20-14-5-3-4-10-22(14)15/h12-13H,3-11H2,1-2H3,(H2,17,18,19). The van der Waals surface area contributed by atoms with E-state index < -0.39 is 0 Å². The fourth-order valence-corrected chi connectivity index (χ4v) is 3.45. The van der Waals surface area contributed by atoms with Crippen molar-refractivity contribution >= 4 is 5.96 Å². The Morgan fingerprint density at radius 2 is 2.05 bits per heavy atom. The zero-order valence-electron chi connectivity index (χ0n) is 13.8. The Bertz CT molecular complexity index is 513. The molecule has 2 heterocycles. The highest BCUT2D eigenvalue weighted by atomic mass is 15.3. The molecule has 1 saturated carbocycles. The number of nitrogens with one attached hydrogen (secondary N) is 2. The summed E-state index contributed by atoms with van der Waals surface area (Å²) < 4.78 is 2.26. The van der Waals surface area contributed by atoms with Crippen molar-refractivity contribution in [1.29, 1.82) is 0 Å². The summed E-state index contributed by atoms with van der Waals surface area (Å²) in [6, 6.07) is 0.551. The summed E-state index contributed by atoms with van der Waals surface area (Å²) in [7, 11) is 1.83. The van der Waals surface area contributed by atoms with Crippen molar-refractivity contribution in [2.24, 2.45) is 10.9 Å². The van der Waals surface area contributed by atoms with E-state index in [1.54, 1.807) is 0 Å². The van der Waals surface area contributed by atoms with E-state index in [9.17, 15) is 0 Å². The second kappa shape index (κ2) is 7.11. The zero-order chi connectivity index (χ0) is 15.4. The summed E-state index contributed by atoms with van der Waals surface area (Å²) in [5.41, 5.74) is 0. The molecule has 1 aromatic rings. The van der Waals surface area contributed by atoms with Crippen LogP contribution in [0.3, 0.4) is 0 Å². The van der Waals surface area contributed by atoms with Gasteiger partial charge >= 0.3 is 0 Å². The fourth-order valence-electron chi connectivity index (χ4n) is 3.45. The van der Waals surface area contributed by atoms with Gasteiger partial charge in [-0.25, -0.2) is 0 Å². The normalized spacial score (nSPS) is 25.6. The first kappa shape index (κ1) is 15.3. The average molecular weight is 304 g/mol. The number of hydrogen-bond donors (Lipinski definition) is 2. The first-order valence-corrected chi connectivity index (χ1v) is 8.64. The van der Waals surface area contributed by atoms with Crippen LogP contribution in [0.2, 0.25) is 0 Å². The minimum atomic E-state index is 0.551. The van der Waals surface area contributed by atoms with Crippen LogP contribution in [0.4, 0.5) is 0 Å². The first-order valence-electron chi connectivity index (χ1n) is 8.64. The molecule has 122 valence electrons. The van der Waals surface area contributed by atoms with Crippen molar-refractivity contribution in [3.8, 4) is 0 Å². The molecular weight excluding hydrogens is 276 g/mol. The van der Waals surface area contributed by atoms with Gasteiger partial charge in [-0.05, 0) is 44.4 Å². The van der Waals surface area contributed by atoms with Gasteiger partial charge in [0.2, 0.25) is 0 Å². The third-order valence-electron chi connectivity index (χ3n) is 4.93. The van der Waals surface area contributed by atoms with Gasteiger partial charge in [0.05, 0.1) is 6.54 Å². The van der Waals surface area contributed by atoms with Gasteiger partial charge in [0.1, 0.15) is 5.82 Å². The predicted octanol–water partition coefficient (Wildman–Crippen LogP) is 1.86. The van der Waals surface area contributed by atoms with Crippen molar-refractivity contribution in [2.75, 3.05) is 7.05 Å². The van der Waals surface area contributed by atoms with Crippen LogP contribution in [0.15, 0.2) is 4.99 Å². The van der Waals surface area contributed by atoms with Gasteiger partial charge in [-0.1, -0.05) is 6.92 Å². The molecule has 0 saturated heterocycles. The maximum atomic E-state index is 4.35. The third-order valence-corrected chi connectivity index (χ3v) is 4.93. The van der Waals surface area contributed by atoms with E-state index in [-0.39, 0.29) is 0 Å². The van der Waals surface area contributed by atoms with Gasteiger partial charge < -0.3 is 15.2 Å². The SMILES string of the molecule is CN=C(NCc1nnc2n1CCCC2)NC1CCC(C)CC1. The zero-order valence-corrected chi connectivity index (χ0v) is 13.8. The van der Waals surface area contributed by atoms with E-state index in [0.717, 1.165) is 36.5 Å². The molecule has 2 N–H and O–H groups in total. The summed E-state index contributed by atoms with van der Waals surface area (Å²) >= 11 is 0. The van der Waals surface area contributed by atoms with Crippen molar-refractivity contribution in [1.82, 2.24) is 25.4 Å². The van der Waals surface area contributed by atoms with Crippen LogP contribution in [0.1, 0.15) is 57.1 Å². The van der Waals surface area contributed by atoms with Gasteiger partial charge in [0, 0.05) is 26.1 Å². The average Bonchev–Trinajstić information content (AvgIpc) is 2.96. The van der Waals surface area contributed by atoms with Crippen molar-refractivity contribution in [3.63, 3.8) is 0 Å². The summed E-state index contributed by atoms with van der Waals surface area (Å²) in [5, 5.41) is 15.6. The molecule has 1 aliphatic carbocycles. The number of rotatable bonds is 3. The van der Waals surface area contributed by atoms with Gasteiger partial charge in [-0.3, -0.25) is 4.99 Å². The van der Waals surface area contributed by atoms with E-state index >= 15 is 0 Å². The second-order valence-electron chi connectivity index (χ2n) is 6.67. The van der Waals surface area contributed by atoms with Gasteiger partial charge in [0.25, 0.3) is 0 Å². The smallest absolute Gasteiger partial charge is 0.191 e. The van der Waals surface area contributed by atoms with Crippen LogP contribution in [-0.2, 0) is 19.5 Å². The van der Waals surface area contributed by atoms with E-state index in [4.69, 9.17) is 0 Å². The second-order valence-corrected chi connectivity index (χ2v) is 6.67. The van der Waals surface area contributed by atoms with Crippen molar-refractivity contribution in [2.45, 2.75) is 71.0 Å². The largest absolute Gasteiger partial charge is 0.354 e. The number of aryl methyl sites for hydroxylation is 1. The monoisotopic (exact) mass is 304 g/mol. The summed E-state index contributed by atoms with van der Waals surface area (Å²) in [5.74, 6) is 3.91. The lowest BCUT2D eigenvalue weighted by Gasteiger charge is -2.28. The number of aromatic nitrogens is 3. The van der Waals surface area contributed by atoms with E-state index in [2.05, 4.69) is 37.3 Å². The highest BCUT2D eigenvalue weighted by Gasteiger charge is 2.19. The van der Waals surface area contributed by atoms with Crippen LogP contribution in [0.5, 0.6) is 0 Å². The lowest BCUT2D eigenvalue weighted by Crippen LogP contribution is -2.44. The molecule has 3 rings (SSSR count). The Kier molecular flexibility index (Phi) is 4.95. The molecule has 2 aliphatic rings. The molecule has 1 aromatic heterocycles. The molecule has 0 bridgehead atoms.